The number of hydrogen-bond acceptors (Lipinski definition) is 6. The Balaban J connectivity index is 1.58. The van der Waals surface area contributed by atoms with E-state index in [9.17, 15) is 4.79 Å². The van der Waals surface area contributed by atoms with Crippen LogP contribution < -0.4 is 5.32 Å². The van der Waals surface area contributed by atoms with Crippen molar-refractivity contribution < 1.29 is 4.79 Å². The van der Waals surface area contributed by atoms with Crippen LogP contribution in [0.3, 0.4) is 0 Å². The summed E-state index contributed by atoms with van der Waals surface area (Å²) >= 11 is 8.86. The highest BCUT2D eigenvalue weighted by atomic mass is 35.5. The summed E-state index contributed by atoms with van der Waals surface area (Å²) in [6.07, 6.45) is 3.32. The molecule has 2 heterocycles. The molecule has 0 radical (unpaired) electrons. The number of anilines is 1. The van der Waals surface area contributed by atoms with Gasteiger partial charge in [0, 0.05) is 28.1 Å². The average molecular weight is 465 g/mol. The first kappa shape index (κ1) is 21.4. The van der Waals surface area contributed by atoms with Gasteiger partial charge in [0.2, 0.25) is 0 Å². The number of nitrogens with one attached hydrogen (secondary N) is 1. The minimum absolute atomic E-state index is 0.313. The van der Waals surface area contributed by atoms with Crippen molar-refractivity contribution in [3.63, 3.8) is 0 Å². The Morgan fingerprint density at radius 2 is 1.71 bits per heavy atom. The summed E-state index contributed by atoms with van der Waals surface area (Å²) in [5.74, 6) is 0.814. The number of carbonyl (C=O) groups is 1. The van der Waals surface area contributed by atoms with Crippen molar-refractivity contribution in [3.8, 4) is 0 Å². The number of thioether (sulfide) groups is 1. The van der Waals surface area contributed by atoms with Gasteiger partial charge in [-0.25, -0.2) is 15.0 Å². The molecule has 2 aromatic carbocycles. The van der Waals surface area contributed by atoms with E-state index in [1.165, 1.54) is 23.5 Å². The number of halogens is 1. The standard InChI is InChI=1S/C23H17ClN4OS2/c24-17-11-9-16(10-12-17)15-30-23-26-14-19(31-18-6-2-1-3-7-18)21(28-23)22(29)27-20-8-4-5-13-25-20/h1-14H,15H2,(H,25,27,29). The van der Waals surface area contributed by atoms with Gasteiger partial charge in [0.05, 0.1) is 4.90 Å². The molecule has 5 nitrogen and oxygen atoms in total. The predicted molar refractivity (Wildman–Crippen MR) is 126 cm³/mol. The lowest BCUT2D eigenvalue weighted by atomic mass is 10.2. The van der Waals surface area contributed by atoms with Gasteiger partial charge in [-0.2, -0.15) is 0 Å². The minimum atomic E-state index is -0.326. The quantitative estimate of drug-likeness (QED) is 0.258. The fourth-order valence-corrected chi connectivity index (χ4v) is 4.40. The van der Waals surface area contributed by atoms with E-state index in [0.717, 1.165) is 10.5 Å². The van der Waals surface area contributed by atoms with E-state index in [1.54, 1.807) is 24.5 Å². The van der Waals surface area contributed by atoms with E-state index < -0.39 is 0 Å². The molecule has 0 unspecified atom stereocenters. The van der Waals surface area contributed by atoms with Gasteiger partial charge in [0.1, 0.15) is 11.5 Å². The van der Waals surface area contributed by atoms with Crippen molar-refractivity contribution in [2.75, 3.05) is 5.32 Å². The molecule has 1 amide bonds. The summed E-state index contributed by atoms with van der Waals surface area (Å²) in [7, 11) is 0. The zero-order valence-electron chi connectivity index (χ0n) is 16.2. The predicted octanol–water partition coefficient (Wildman–Crippen LogP) is 6.22. The van der Waals surface area contributed by atoms with Crippen molar-refractivity contribution in [1.82, 2.24) is 15.0 Å². The normalized spacial score (nSPS) is 10.6. The zero-order valence-corrected chi connectivity index (χ0v) is 18.6. The molecule has 0 fully saturated rings. The van der Waals surface area contributed by atoms with Crippen molar-refractivity contribution >= 4 is 46.8 Å². The largest absolute Gasteiger partial charge is 0.305 e. The van der Waals surface area contributed by atoms with Crippen molar-refractivity contribution in [2.45, 2.75) is 20.7 Å². The Morgan fingerprint density at radius 1 is 0.935 bits per heavy atom. The molecule has 0 bridgehead atoms. The van der Waals surface area contributed by atoms with Crippen molar-refractivity contribution in [1.29, 1.82) is 0 Å². The number of hydrogen-bond donors (Lipinski definition) is 1. The molecular weight excluding hydrogens is 448 g/mol. The van der Waals surface area contributed by atoms with E-state index in [1.807, 2.05) is 60.7 Å². The number of benzene rings is 2. The van der Waals surface area contributed by atoms with Crippen LogP contribution in [-0.4, -0.2) is 20.9 Å². The Morgan fingerprint density at radius 3 is 2.45 bits per heavy atom. The van der Waals surface area contributed by atoms with Gasteiger partial charge < -0.3 is 5.32 Å². The lowest BCUT2D eigenvalue weighted by Gasteiger charge is -2.10. The summed E-state index contributed by atoms with van der Waals surface area (Å²) < 4.78 is 0. The number of nitrogens with zero attached hydrogens (tertiary/aromatic N) is 3. The van der Waals surface area contributed by atoms with Crippen molar-refractivity contribution in [3.05, 3.63) is 101 Å². The van der Waals surface area contributed by atoms with E-state index in [4.69, 9.17) is 11.6 Å². The minimum Gasteiger partial charge on any atom is -0.305 e. The molecule has 0 saturated heterocycles. The first-order valence-corrected chi connectivity index (χ1v) is 11.5. The van der Waals surface area contributed by atoms with Gasteiger partial charge >= 0.3 is 0 Å². The second kappa shape index (κ2) is 10.4. The molecule has 1 N–H and O–H groups in total. The highest BCUT2D eigenvalue weighted by Crippen LogP contribution is 2.31. The van der Waals surface area contributed by atoms with Crippen LogP contribution in [0.15, 0.2) is 100 Å². The highest BCUT2D eigenvalue weighted by molar-refractivity contribution is 7.99. The van der Waals surface area contributed by atoms with Gasteiger partial charge in [0.15, 0.2) is 5.16 Å². The second-order valence-corrected chi connectivity index (χ2v) is 8.86. The first-order chi connectivity index (χ1) is 15.2. The topological polar surface area (TPSA) is 67.8 Å². The molecular formula is C23H17ClN4OS2. The third kappa shape index (κ3) is 6.07. The van der Waals surface area contributed by atoms with Crippen LogP contribution in [-0.2, 0) is 5.75 Å². The zero-order chi connectivity index (χ0) is 21.5. The Labute approximate surface area is 193 Å². The summed E-state index contributed by atoms with van der Waals surface area (Å²) in [4.78, 5) is 27.9. The molecule has 0 aliphatic carbocycles. The maximum Gasteiger partial charge on any atom is 0.276 e. The van der Waals surface area contributed by atoms with E-state index in [-0.39, 0.29) is 5.91 Å². The number of rotatable bonds is 7. The molecule has 0 atom stereocenters. The monoisotopic (exact) mass is 464 g/mol. The lowest BCUT2D eigenvalue weighted by molar-refractivity contribution is 0.101. The van der Waals surface area contributed by atoms with E-state index >= 15 is 0 Å². The maximum atomic E-state index is 13.0. The van der Waals surface area contributed by atoms with Gasteiger partial charge in [-0.3, -0.25) is 4.79 Å². The smallest absolute Gasteiger partial charge is 0.276 e. The second-order valence-electron chi connectivity index (χ2n) is 6.36. The highest BCUT2D eigenvalue weighted by Gasteiger charge is 2.17. The fourth-order valence-electron chi connectivity index (χ4n) is 2.62. The van der Waals surface area contributed by atoms with Crippen molar-refractivity contribution in [2.24, 2.45) is 0 Å². The Kier molecular flexibility index (Phi) is 7.19. The number of amides is 1. The molecule has 0 aliphatic rings. The molecule has 0 saturated carbocycles. The average Bonchev–Trinajstić information content (AvgIpc) is 2.81. The summed E-state index contributed by atoms with van der Waals surface area (Å²) in [5, 5.41) is 4.04. The van der Waals surface area contributed by atoms with Crippen LogP contribution in [0.1, 0.15) is 16.1 Å². The first-order valence-electron chi connectivity index (χ1n) is 9.37. The van der Waals surface area contributed by atoms with Gasteiger partial charge in [0.25, 0.3) is 5.91 Å². The molecule has 0 spiro atoms. The van der Waals surface area contributed by atoms with Crippen LogP contribution in [0.5, 0.6) is 0 Å². The van der Waals surface area contributed by atoms with E-state index in [2.05, 4.69) is 20.3 Å². The lowest BCUT2D eigenvalue weighted by Crippen LogP contribution is -2.16. The van der Waals surface area contributed by atoms with E-state index in [0.29, 0.717) is 32.3 Å². The summed E-state index contributed by atoms with van der Waals surface area (Å²) in [6.45, 7) is 0. The van der Waals surface area contributed by atoms with Crippen LogP contribution in [0.4, 0.5) is 5.82 Å². The molecule has 154 valence electrons. The van der Waals surface area contributed by atoms with Crippen LogP contribution in [0.2, 0.25) is 5.02 Å². The van der Waals surface area contributed by atoms with Gasteiger partial charge in [-0.05, 0) is 42.0 Å². The Hall–Kier alpha value is -2.87. The number of pyridine rings is 1. The molecule has 0 aliphatic heterocycles. The van der Waals surface area contributed by atoms with Gasteiger partial charge in [-0.15, -0.1) is 0 Å². The number of carbonyl (C=O) groups excluding carboxylic acids is 1. The molecule has 31 heavy (non-hydrogen) atoms. The van der Waals surface area contributed by atoms with Crippen LogP contribution >= 0.6 is 35.1 Å². The van der Waals surface area contributed by atoms with Crippen LogP contribution in [0.25, 0.3) is 0 Å². The van der Waals surface area contributed by atoms with Crippen LogP contribution in [0, 0.1) is 0 Å². The summed E-state index contributed by atoms with van der Waals surface area (Å²) in [5.41, 5.74) is 1.41. The third-order valence-electron chi connectivity index (χ3n) is 4.11. The molecule has 4 rings (SSSR count). The molecule has 4 aromatic rings. The Bertz CT molecular complexity index is 1160. The fraction of sp³-hybridized carbons (Fsp3) is 0.0435. The maximum absolute atomic E-state index is 13.0. The molecule has 2 aromatic heterocycles. The summed E-state index contributed by atoms with van der Waals surface area (Å²) in [6, 6.07) is 22.8. The number of aromatic nitrogens is 3. The van der Waals surface area contributed by atoms with Gasteiger partial charge in [-0.1, -0.05) is 71.5 Å². The molecule has 8 heteroatoms. The third-order valence-corrected chi connectivity index (χ3v) is 6.32. The SMILES string of the molecule is O=C(Nc1ccccn1)c1nc(SCc2ccc(Cl)cc2)ncc1Sc1ccccc1.